The van der Waals surface area contributed by atoms with E-state index in [1.54, 1.807) is 12.4 Å². The summed E-state index contributed by atoms with van der Waals surface area (Å²) in [5, 5.41) is 7.46. The minimum atomic E-state index is 0.915. The van der Waals surface area contributed by atoms with Crippen LogP contribution in [0.15, 0.2) is 41.4 Å². The molecular formula is C11H13BrN4. The first kappa shape index (κ1) is 11.1. The Morgan fingerprint density at radius 1 is 1.38 bits per heavy atom. The molecule has 2 heterocycles. The minimum Gasteiger partial charge on any atom is -0.384 e. The van der Waals surface area contributed by atoms with Gasteiger partial charge in [-0.2, -0.15) is 5.10 Å². The van der Waals surface area contributed by atoms with Crippen LogP contribution in [0, 0.1) is 0 Å². The number of nitrogens with zero attached hydrogens (tertiary/aromatic N) is 3. The highest BCUT2D eigenvalue weighted by atomic mass is 79.9. The van der Waals surface area contributed by atoms with Gasteiger partial charge >= 0.3 is 0 Å². The van der Waals surface area contributed by atoms with Crippen molar-refractivity contribution in [2.24, 2.45) is 0 Å². The normalized spacial score (nSPS) is 10.3. The predicted octanol–water partition coefficient (Wildman–Crippen LogP) is 2.54. The maximum absolute atomic E-state index is 4.14. The lowest BCUT2D eigenvalue weighted by Gasteiger charge is -2.06. The fraction of sp³-hybridized carbons (Fsp3) is 0.273. The molecule has 4 nitrogen and oxygen atoms in total. The standard InChI is InChI=1S/C11H13BrN4/c12-10-7-11(9-13-8-10)14-3-1-5-16-6-2-4-15-16/h2,4,6-9,14H,1,3,5H2. The van der Waals surface area contributed by atoms with Crippen molar-refractivity contribution in [3.8, 4) is 0 Å². The summed E-state index contributed by atoms with van der Waals surface area (Å²) in [5.41, 5.74) is 1.04. The molecule has 0 bridgehead atoms. The SMILES string of the molecule is Brc1cncc(NCCCn2cccn2)c1. The first-order valence-corrected chi connectivity index (χ1v) is 5.96. The molecule has 0 radical (unpaired) electrons. The lowest BCUT2D eigenvalue weighted by Crippen LogP contribution is -2.07. The number of hydrogen-bond donors (Lipinski definition) is 1. The molecule has 0 saturated heterocycles. The third-order valence-corrected chi connectivity index (χ3v) is 2.59. The number of pyridine rings is 1. The second kappa shape index (κ2) is 5.65. The van der Waals surface area contributed by atoms with Crippen LogP contribution in [0.1, 0.15) is 6.42 Å². The molecule has 2 aromatic rings. The Morgan fingerprint density at radius 2 is 2.31 bits per heavy atom. The van der Waals surface area contributed by atoms with Crippen LogP contribution < -0.4 is 5.32 Å². The average molecular weight is 281 g/mol. The van der Waals surface area contributed by atoms with Crippen LogP contribution in [0.4, 0.5) is 5.69 Å². The molecule has 16 heavy (non-hydrogen) atoms. The zero-order valence-corrected chi connectivity index (χ0v) is 10.4. The topological polar surface area (TPSA) is 42.7 Å². The molecule has 0 amide bonds. The zero-order valence-electron chi connectivity index (χ0n) is 8.81. The lowest BCUT2D eigenvalue weighted by molar-refractivity contribution is 0.592. The predicted molar refractivity (Wildman–Crippen MR) is 67.3 cm³/mol. The van der Waals surface area contributed by atoms with Gasteiger partial charge in [0.25, 0.3) is 0 Å². The van der Waals surface area contributed by atoms with Crippen LogP contribution in [-0.2, 0) is 6.54 Å². The maximum Gasteiger partial charge on any atom is 0.0538 e. The summed E-state index contributed by atoms with van der Waals surface area (Å²) in [6.45, 7) is 1.85. The van der Waals surface area contributed by atoms with Crippen LogP contribution in [-0.4, -0.2) is 21.3 Å². The van der Waals surface area contributed by atoms with Gasteiger partial charge in [-0.15, -0.1) is 0 Å². The molecule has 0 aliphatic rings. The lowest BCUT2D eigenvalue weighted by atomic mass is 10.4. The third kappa shape index (κ3) is 3.34. The van der Waals surface area contributed by atoms with Gasteiger partial charge < -0.3 is 5.32 Å². The number of nitrogens with one attached hydrogen (secondary N) is 1. The molecule has 0 fully saturated rings. The molecule has 0 aromatic carbocycles. The van der Waals surface area contributed by atoms with Gasteiger partial charge in [-0.25, -0.2) is 0 Å². The molecule has 5 heteroatoms. The Morgan fingerprint density at radius 3 is 3.06 bits per heavy atom. The van der Waals surface area contributed by atoms with Gasteiger partial charge in [-0.3, -0.25) is 9.67 Å². The fourth-order valence-corrected chi connectivity index (χ4v) is 1.78. The summed E-state index contributed by atoms with van der Waals surface area (Å²) in [6, 6.07) is 3.95. The van der Waals surface area contributed by atoms with Crippen molar-refractivity contribution in [2.75, 3.05) is 11.9 Å². The van der Waals surface area contributed by atoms with Gasteiger partial charge in [0.1, 0.15) is 0 Å². The fourth-order valence-electron chi connectivity index (χ4n) is 1.42. The van der Waals surface area contributed by atoms with Crippen molar-refractivity contribution in [1.82, 2.24) is 14.8 Å². The van der Waals surface area contributed by atoms with Crippen LogP contribution in [0.2, 0.25) is 0 Å². The van der Waals surface area contributed by atoms with Crippen LogP contribution >= 0.6 is 15.9 Å². The van der Waals surface area contributed by atoms with Crippen LogP contribution in [0.25, 0.3) is 0 Å². The third-order valence-electron chi connectivity index (χ3n) is 2.16. The van der Waals surface area contributed by atoms with Gasteiger partial charge in [0, 0.05) is 36.2 Å². The first-order valence-electron chi connectivity index (χ1n) is 5.16. The Bertz CT molecular complexity index is 427. The largest absolute Gasteiger partial charge is 0.384 e. The Labute approximate surface area is 103 Å². The van der Waals surface area contributed by atoms with Crippen molar-refractivity contribution in [3.63, 3.8) is 0 Å². The maximum atomic E-state index is 4.14. The Hall–Kier alpha value is -1.36. The molecule has 84 valence electrons. The van der Waals surface area contributed by atoms with E-state index < -0.39 is 0 Å². The molecule has 0 saturated carbocycles. The van der Waals surface area contributed by atoms with Gasteiger partial charge in [0.15, 0.2) is 0 Å². The van der Waals surface area contributed by atoms with Gasteiger partial charge in [-0.1, -0.05) is 0 Å². The smallest absolute Gasteiger partial charge is 0.0538 e. The highest BCUT2D eigenvalue weighted by Gasteiger charge is 1.94. The van der Waals surface area contributed by atoms with E-state index in [0.29, 0.717) is 0 Å². The highest BCUT2D eigenvalue weighted by Crippen LogP contribution is 2.13. The van der Waals surface area contributed by atoms with Crippen molar-refractivity contribution in [2.45, 2.75) is 13.0 Å². The van der Waals surface area contributed by atoms with Crippen molar-refractivity contribution < 1.29 is 0 Å². The van der Waals surface area contributed by atoms with E-state index >= 15 is 0 Å². The van der Waals surface area contributed by atoms with Crippen LogP contribution in [0.5, 0.6) is 0 Å². The number of aryl methyl sites for hydroxylation is 1. The van der Waals surface area contributed by atoms with E-state index in [1.165, 1.54) is 0 Å². The van der Waals surface area contributed by atoms with Gasteiger partial charge in [0.2, 0.25) is 0 Å². The average Bonchev–Trinajstić information content (AvgIpc) is 2.77. The quantitative estimate of drug-likeness (QED) is 0.856. The second-order valence-electron chi connectivity index (χ2n) is 3.44. The number of aromatic nitrogens is 3. The molecule has 2 aromatic heterocycles. The summed E-state index contributed by atoms with van der Waals surface area (Å²) in [4.78, 5) is 4.09. The monoisotopic (exact) mass is 280 g/mol. The molecule has 0 atom stereocenters. The van der Waals surface area contributed by atoms with Gasteiger partial charge in [-0.05, 0) is 34.5 Å². The van der Waals surface area contributed by atoms with Crippen molar-refractivity contribution in [3.05, 3.63) is 41.4 Å². The van der Waals surface area contributed by atoms with E-state index in [1.807, 2.05) is 29.2 Å². The molecule has 0 spiro atoms. The van der Waals surface area contributed by atoms with E-state index in [-0.39, 0.29) is 0 Å². The molecule has 0 aliphatic heterocycles. The second-order valence-corrected chi connectivity index (χ2v) is 4.36. The number of anilines is 1. The van der Waals surface area contributed by atoms with Crippen molar-refractivity contribution in [1.29, 1.82) is 0 Å². The zero-order chi connectivity index (χ0) is 11.2. The summed E-state index contributed by atoms with van der Waals surface area (Å²) in [6.07, 6.45) is 8.40. The summed E-state index contributed by atoms with van der Waals surface area (Å²) in [7, 11) is 0. The van der Waals surface area contributed by atoms with Gasteiger partial charge in [0.05, 0.1) is 11.9 Å². The van der Waals surface area contributed by atoms with E-state index in [2.05, 4.69) is 31.3 Å². The first-order chi connectivity index (χ1) is 7.84. The Kier molecular flexibility index (Phi) is 3.93. The molecule has 0 unspecified atom stereocenters. The van der Waals surface area contributed by atoms with Crippen molar-refractivity contribution >= 4 is 21.6 Å². The molecule has 1 N–H and O–H groups in total. The minimum absolute atomic E-state index is 0.915. The summed E-state index contributed by atoms with van der Waals surface area (Å²) < 4.78 is 2.92. The highest BCUT2D eigenvalue weighted by molar-refractivity contribution is 9.10. The number of halogens is 1. The number of rotatable bonds is 5. The van der Waals surface area contributed by atoms with E-state index in [9.17, 15) is 0 Å². The summed E-state index contributed by atoms with van der Waals surface area (Å²) >= 11 is 3.39. The Balaban J connectivity index is 1.72. The molecule has 2 rings (SSSR count). The van der Waals surface area contributed by atoms with E-state index in [4.69, 9.17) is 0 Å². The molecular weight excluding hydrogens is 268 g/mol. The molecule has 0 aliphatic carbocycles. The van der Waals surface area contributed by atoms with Crippen LogP contribution in [0.3, 0.4) is 0 Å². The summed E-state index contributed by atoms with van der Waals surface area (Å²) in [5.74, 6) is 0. The van der Waals surface area contributed by atoms with E-state index in [0.717, 1.165) is 29.7 Å². The number of hydrogen-bond acceptors (Lipinski definition) is 3.